The average molecular weight is 643 g/mol. The molecule has 3 rings (SSSR count). The molecule has 2 aromatic rings. The van der Waals surface area contributed by atoms with Crippen LogP contribution in [0, 0.1) is 11.8 Å². The van der Waals surface area contributed by atoms with Gasteiger partial charge in [0.25, 0.3) is 0 Å². The van der Waals surface area contributed by atoms with Gasteiger partial charge < -0.3 is 24.9 Å². The van der Waals surface area contributed by atoms with Gasteiger partial charge in [-0.1, -0.05) is 83.2 Å². The largest absolute Gasteiger partial charge is 0.390 e. The molecule has 0 aliphatic heterocycles. The fourth-order valence-corrected chi connectivity index (χ4v) is 6.87. The topological polar surface area (TPSA) is 114 Å². The molecular weight excluding hydrogens is 588 g/mol. The summed E-state index contributed by atoms with van der Waals surface area (Å²) in [5.41, 5.74) is 1.07. The predicted molar refractivity (Wildman–Crippen MR) is 178 cm³/mol. The first-order chi connectivity index (χ1) is 21.5. The van der Waals surface area contributed by atoms with Crippen LogP contribution in [-0.2, 0) is 20.9 Å². The van der Waals surface area contributed by atoms with Gasteiger partial charge in [-0.2, -0.15) is 0 Å². The van der Waals surface area contributed by atoms with E-state index in [2.05, 4.69) is 4.98 Å². The number of hydrogen-bond donors (Lipinski definition) is 2. The predicted octanol–water partition coefficient (Wildman–Crippen LogP) is 5.08. The Morgan fingerprint density at radius 1 is 0.956 bits per heavy atom. The van der Waals surface area contributed by atoms with Crippen molar-refractivity contribution in [3.05, 3.63) is 52.5 Å². The van der Waals surface area contributed by atoms with E-state index in [0.717, 1.165) is 36.3 Å². The maximum atomic E-state index is 14.1. The van der Waals surface area contributed by atoms with Gasteiger partial charge in [-0.15, -0.1) is 11.3 Å². The first-order valence-electron chi connectivity index (χ1n) is 16.5. The van der Waals surface area contributed by atoms with Crippen molar-refractivity contribution < 1.29 is 24.6 Å². The minimum atomic E-state index is -1.12. The number of aliphatic hydroxyl groups excluding tert-OH is 2. The number of amides is 3. The molecule has 1 aromatic heterocycles. The molecule has 4 atom stereocenters. The van der Waals surface area contributed by atoms with Crippen molar-refractivity contribution in [3.63, 3.8) is 0 Å². The number of rotatable bonds is 17. The summed E-state index contributed by atoms with van der Waals surface area (Å²) in [6, 6.07) is 9.26. The van der Waals surface area contributed by atoms with E-state index in [0.29, 0.717) is 25.3 Å². The molecule has 1 aromatic carbocycles. The zero-order valence-electron chi connectivity index (χ0n) is 27.8. The van der Waals surface area contributed by atoms with Crippen molar-refractivity contribution in [2.75, 3.05) is 27.2 Å². The van der Waals surface area contributed by atoms with E-state index >= 15 is 0 Å². The minimum absolute atomic E-state index is 0.000295. The Bertz CT molecular complexity index is 1170. The smallest absolute Gasteiger partial charge is 0.241 e. The number of aliphatic hydroxyl groups is 2. The number of carbonyl (C=O) groups is 3. The van der Waals surface area contributed by atoms with Gasteiger partial charge in [0, 0.05) is 45.1 Å². The van der Waals surface area contributed by atoms with E-state index in [9.17, 15) is 24.6 Å². The van der Waals surface area contributed by atoms with Crippen LogP contribution in [-0.4, -0.2) is 93.1 Å². The minimum Gasteiger partial charge on any atom is -0.390 e. The highest BCUT2D eigenvalue weighted by Gasteiger charge is 2.37. The van der Waals surface area contributed by atoms with Crippen molar-refractivity contribution in [2.45, 2.75) is 109 Å². The van der Waals surface area contributed by atoms with Gasteiger partial charge in [0.1, 0.15) is 11.1 Å². The Labute approximate surface area is 273 Å². The third-order valence-corrected chi connectivity index (χ3v) is 9.67. The molecule has 1 heterocycles. The fraction of sp³-hybridized carbons (Fsp3) is 0.657. The van der Waals surface area contributed by atoms with Crippen LogP contribution in [0.1, 0.15) is 95.0 Å². The monoisotopic (exact) mass is 642 g/mol. The Balaban J connectivity index is 1.82. The molecule has 1 aliphatic rings. The first kappa shape index (κ1) is 36.6. The molecule has 45 heavy (non-hydrogen) atoms. The number of thiazole rings is 1. The molecule has 0 unspecified atom stereocenters. The SMILES string of the molecule is CC(C)C[C@H](O)[C@H](O)[C@H](CC1CCCCC1)N(Cc1nccs1)C(=O)CCC(=O)N(CC(=O)N(C)C)C[C@@H](C)c1ccccc1. The molecule has 1 saturated carbocycles. The van der Waals surface area contributed by atoms with Gasteiger partial charge in [0.05, 0.1) is 25.2 Å². The first-order valence-corrected chi connectivity index (χ1v) is 17.4. The van der Waals surface area contributed by atoms with Crippen LogP contribution < -0.4 is 0 Å². The Morgan fingerprint density at radius 3 is 2.22 bits per heavy atom. The lowest BCUT2D eigenvalue weighted by atomic mass is 9.82. The summed E-state index contributed by atoms with van der Waals surface area (Å²) in [7, 11) is 3.33. The molecule has 250 valence electrons. The molecule has 0 bridgehead atoms. The van der Waals surface area contributed by atoms with Gasteiger partial charge in [-0.05, 0) is 36.2 Å². The summed E-state index contributed by atoms with van der Waals surface area (Å²) in [6.45, 7) is 6.52. The van der Waals surface area contributed by atoms with Crippen LogP contribution in [0.25, 0.3) is 0 Å². The highest BCUT2D eigenvalue weighted by molar-refractivity contribution is 7.09. The number of aromatic nitrogens is 1. The zero-order valence-corrected chi connectivity index (χ0v) is 28.6. The van der Waals surface area contributed by atoms with Crippen LogP contribution in [0.4, 0.5) is 0 Å². The van der Waals surface area contributed by atoms with Crippen molar-refractivity contribution >= 4 is 29.1 Å². The molecule has 10 heteroatoms. The van der Waals surface area contributed by atoms with Gasteiger partial charge >= 0.3 is 0 Å². The molecule has 9 nitrogen and oxygen atoms in total. The van der Waals surface area contributed by atoms with Crippen LogP contribution >= 0.6 is 11.3 Å². The number of likely N-dealkylation sites (N-methyl/N-ethyl adjacent to an activating group) is 1. The van der Waals surface area contributed by atoms with Crippen molar-refractivity contribution in [3.8, 4) is 0 Å². The van der Waals surface area contributed by atoms with E-state index in [4.69, 9.17) is 0 Å². The quantitative estimate of drug-likeness (QED) is 0.249. The highest BCUT2D eigenvalue weighted by Crippen LogP contribution is 2.32. The van der Waals surface area contributed by atoms with Gasteiger partial charge in [0.2, 0.25) is 17.7 Å². The van der Waals surface area contributed by atoms with E-state index in [1.165, 1.54) is 22.7 Å². The van der Waals surface area contributed by atoms with Gasteiger partial charge in [-0.3, -0.25) is 14.4 Å². The lowest BCUT2D eigenvalue weighted by molar-refractivity contribution is -0.144. The molecule has 3 amide bonds. The molecule has 1 aliphatic carbocycles. The summed E-state index contributed by atoms with van der Waals surface area (Å²) < 4.78 is 0. The molecule has 0 radical (unpaired) electrons. The van der Waals surface area contributed by atoms with Crippen molar-refractivity contribution in [1.29, 1.82) is 0 Å². The zero-order chi connectivity index (χ0) is 32.9. The normalized spacial score (nSPS) is 16.5. The van der Waals surface area contributed by atoms with Crippen LogP contribution in [0.15, 0.2) is 41.9 Å². The summed E-state index contributed by atoms with van der Waals surface area (Å²) in [5, 5.41) is 25.2. The van der Waals surface area contributed by atoms with E-state index in [1.54, 1.807) is 30.1 Å². The number of hydrogen-bond acceptors (Lipinski definition) is 7. The molecule has 0 saturated heterocycles. The lowest BCUT2D eigenvalue weighted by Crippen LogP contribution is -2.52. The maximum absolute atomic E-state index is 14.1. The standard InChI is InChI=1S/C35H54N4O5S/c1-25(2)20-30(40)35(44)29(21-27-12-8-6-9-13-27)39(23-31-36-18-19-45-31)33(42)17-16-32(41)38(24-34(43)37(4)5)22-26(3)28-14-10-7-11-15-28/h7,10-11,14-15,18-19,25-27,29-30,35,40,44H,6,8-9,12-13,16-17,20-24H2,1-5H3/t26-,29+,30+,35-/m1/s1. The van der Waals surface area contributed by atoms with E-state index in [-0.39, 0.29) is 55.5 Å². The molecule has 0 spiro atoms. The number of nitrogens with zero attached hydrogens (tertiary/aromatic N) is 4. The summed E-state index contributed by atoms with van der Waals surface area (Å²) in [5.74, 6) is -0.176. The highest BCUT2D eigenvalue weighted by atomic mass is 32.1. The van der Waals surface area contributed by atoms with Crippen LogP contribution in [0.2, 0.25) is 0 Å². The average Bonchev–Trinajstić information content (AvgIpc) is 3.54. The maximum Gasteiger partial charge on any atom is 0.241 e. The molecule has 1 fully saturated rings. The second-order valence-corrected chi connectivity index (χ2v) is 14.3. The molecule has 2 N–H and O–H groups in total. The van der Waals surface area contributed by atoms with Crippen molar-refractivity contribution in [1.82, 2.24) is 19.7 Å². The van der Waals surface area contributed by atoms with E-state index < -0.39 is 18.2 Å². The molecular formula is C35H54N4O5S. The third kappa shape index (κ3) is 11.8. The fourth-order valence-electron chi connectivity index (χ4n) is 6.25. The Hall–Kier alpha value is -2.82. The Kier molecular flexibility index (Phi) is 14.9. The number of benzene rings is 1. The summed E-state index contributed by atoms with van der Waals surface area (Å²) >= 11 is 1.44. The van der Waals surface area contributed by atoms with Crippen molar-refractivity contribution in [2.24, 2.45) is 11.8 Å². The van der Waals surface area contributed by atoms with Crippen LogP contribution in [0.5, 0.6) is 0 Å². The van der Waals surface area contributed by atoms with Gasteiger partial charge in [-0.25, -0.2) is 4.98 Å². The summed E-state index contributed by atoms with van der Waals surface area (Å²) in [6.07, 6.45) is 6.02. The lowest BCUT2D eigenvalue weighted by Gasteiger charge is -2.39. The van der Waals surface area contributed by atoms with Gasteiger partial charge in [0.15, 0.2) is 0 Å². The Morgan fingerprint density at radius 2 is 1.62 bits per heavy atom. The summed E-state index contributed by atoms with van der Waals surface area (Å²) in [4.78, 5) is 49.5. The third-order valence-electron chi connectivity index (χ3n) is 8.90. The second kappa shape index (κ2) is 18.4. The number of carbonyl (C=O) groups excluding carboxylic acids is 3. The second-order valence-electron chi connectivity index (χ2n) is 13.3. The van der Waals surface area contributed by atoms with E-state index in [1.807, 2.05) is 56.5 Å². The van der Waals surface area contributed by atoms with Crippen LogP contribution in [0.3, 0.4) is 0 Å².